The molecular formula is C14H13FN2O3. The molecule has 0 heterocycles. The molecule has 0 aliphatic carbocycles. The highest BCUT2D eigenvalue weighted by atomic mass is 19.1. The smallest absolute Gasteiger partial charge is 0.417 e. The summed E-state index contributed by atoms with van der Waals surface area (Å²) < 4.78 is 22.8. The first-order chi connectivity index (χ1) is 9.58. The Morgan fingerprint density at radius 2 is 1.90 bits per heavy atom. The van der Waals surface area contributed by atoms with E-state index in [-0.39, 0.29) is 5.75 Å². The number of nitrogen functional groups attached to an aromatic ring is 1. The van der Waals surface area contributed by atoms with Crippen LogP contribution in [-0.4, -0.2) is 13.2 Å². The Kier molecular flexibility index (Phi) is 4.05. The molecule has 3 N–H and O–H groups in total. The van der Waals surface area contributed by atoms with Crippen molar-refractivity contribution in [2.24, 2.45) is 0 Å². The molecule has 0 saturated carbocycles. The van der Waals surface area contributed by atoms with Crippen molar-refractivity contribution in [1.29, 1.82) is 0 Å². The van der Waals surface area contributed by atoms with Crippen LogP contribution in [0.2, 0.25) is 0 Å². The molecule has 0 radical (unpaired) electrons. The van der Waals surface area contributed by atoms with Gasteiger partial charge in [0.1, 0.15) is 17.3 Å². The highest BCUT2D eigenvalue weighted by Gasteiger charge is 2.09. The second-order valence-corrected chi connectivity index (χ2v) is 3.93. The maximum atomic E-state index is 12.7. The number of methoxy groups -OCH3 is 1. The van der Waals surface area contributed by atoms with E-state index in [1.807, 2.05) is 0 Å². The quantitative estimate of drug-likeness (QED) is 0.845. The minimum Gasteiger partial charge on any atom is -0.494 e. The third kappa shape index (κ3) is 3.38. The lowest BCUT2D eigenvalue weighted by molar-refractivity contribution is 0.215. The zero-order chi connectivity index (χ0) is 14.5. The predicted molar refractivity (Wildman–Crippen MR) is 73.5 cm³/mol. The number of rotatable bonds is 3. The molecule has 2 aromatic rings. The third-order valence-corrected chi connectivity index (χ3v) is 2.49. The van der Waals surface area contributed by atoms with Gasteiger partial charge in [0.25, 0.3) is 0 Å². The van der Waals surface area contributed by atoms with Crippen LogP contribution in [0.5, 0.6) is 11.5 Å². The van der Waals surface area contributed by atoms with Gasteiger partial charge >= 0.3 is 6.09 Å². The first kappa shape index (κ1) is 13.7. The molecule has 0 fully saturated rings. The van der Waals surface area contributed by atoms with Crippen molar-refractivity contribution < 1.29 is 18.7 Å². The van der Waals surface area contributed by atoms with E-state index in [4.69, 9.17) is 15.2 Å². The number of ether oxygens (including phenoxy) is 2. The summed E-state index contributed by atoms with van der Waals surface area (Å²) in [5.74, 6) is 0.248. The average Bonchev–Trinajstić information content (AvgIpc) is 2.43. The number of nitrogens with one attached hydrogen (secondary N) is 1. The van der Waals surface area contributed by atoms with E-state index in [2.05, 4.69) is 5.32 Å². The molecule has 0 spiro atoms. The number of benzene rings is 2. The molecule has 0 aliphatic rings. The molecule has 104 valence electrons. The summed E-state index contributed by atoms with van der Waals surface area (Å²) in [6.07, 6.45) is -0.709. The molecule has 1 amide bonds. The number of carbonyl (C=O) groups excluding carboxylic acids is 1. The van der Waals surface area contributed by atoms with Crippen molar-refractivity contribution in [3.05, 3.63) is 48.3 Å². The Morgan fingerprint density at radius 3 is 2.55 bits per heavy atom. The van der Waals surface area contributed by atoms with Gasteiger partial charge in [-0.3, -0.25) is 5.32 Å². The van der Waals surface area contributed by atoms with E-state index in [1.54, 1.807) is 18.2 Å². The van der Waals surface area contributed by atoms with Crippen molar-refractivity contribution in [2.45, 2.75) is 0 Å². The van der Waals surface area contributed by atoms with Crippen LogP contribution < -0.4 is 20.5 Å². The average molecular weight is 276 g/mol. The molecule has 2 aromatic carbocycles. The van der Waals surface area contributed by atoms with Gasteiger partial charge in [0.15, 0.2) is 0 Å². The Morgan fingerprint density at radius 1 is 1.20 bits per heavy atom. The monoisotopic (exact) mass is 276 g/mol. The lowest BCUT2D eigenvalue weighted by Crippen LogP contribution is -2.17. The lowest BCUT2D eigenvalue weighted by atomic mass is 10.2. The fourth-order valence-corrected chi connectivity index (χ4v) is 1.56. The standard InChI is InChI=1S/C14H13FN2O3/c1-19-13-8-10(16)4-7-12(13)17-14(18)20-11-5-2-9(15)3-6-11/h2-8H,16H2,1H3,(H,17,18). The van der Waals surface area contributed by atoms with Crippen LogP contribution in [-0.2, 0) is 0 Å². The third-order valence-electron chi connectivity index (χ3n) is 2.49. The fraction of sp³-hybridized carbons (Fsp3) is 0.0714. The van der Waals surface area contributed by atoms with E-state index in [0.717, 1.165) is 0 Å². The van der Waals surface area contributed by atoms with Gasteiger partial charge in [-0.15, -0.1) is 0 Å². The number of anilines is 2. The van der Waals surface area contributed by atoms with Crippen LogP contribution in [0, 0.1) is 5.82 Å². The van der Waals surface area contributed by atoms with Gasteiger partial charge in [-0.25, -0.2) is 9.18 Å². The number of nitrogens with two attached hydrogens (primary N) is 1. The van der Waals surface area contributed by atoms with E-state index in [0.29, 0.717) is 17.1 Å². The van der Waals surface area contributed by atoms with Crippen LogP contribution in [0.4, 0.5) is 20.6 Å². The molecule has 0 atom stereocenters. The maximum Gasteiger partial charge on any atom is 0.417 e. The number of hydrogen-bond acceptors (Lipinski definition) is 4. The molecule has 0 unspecified atom stereocenters. The van der Waals surface area contributed by atoms with Gasteiger partial charge in [-0.05, 0) is 36.4 Å². The van der Waals surface area contributed by atoms with Crippen molar-refractivity contribution in [2.75, 3.05) is 18.2 Å². The lowest BCUT2D eigenvalue weighted by Gasteiger charge is -2.11. The van der Waals surface area contributed by atoms with Gasteiger partial charge in [-0.2, -0.15) is 0 Å². The normalized spacial score (nSPS) is 9.90. The van der Waals surface area contributed by atoms with Crippen molar-refractivity contribution >= 4 is 17.5 Å². The summed E-state index contributed by atoms with van der Waals surface area (Å²) in [5.41, 5.74) is 6.55. The predicted octanol–water partition coefficient (Wildman–Crippen LogP) is 3.03. The topological polar surface area (TPSA) is 73.6 Å². The highest BCUT2D eigenvalue weighted by Crippen LogP contribution is 2.26. The second kappa shape index (κ2) is 5.92. The maximum absolute atomic E-state index is 12.7. The van der Waals surface area contributed by atoms with Crippen LogP contribution in [0.3, 0.4) is 0 Å². The molecule has 0 saturated heterocycles. The van der Waals surface area contributed by atoms with Gasteiger partial charge in [0, 0.05) is 11.8 Å². The fourth-order valence-electron chi connectivity index (χ4n) is 1.56. The van der Waals surface area contributed by atoms with Gasteiger partial charge in [-0.1, -0.05) is 0 Å². The van der Waals surface area contributed by atoms with E-state index in [1.165, 1.54) is 31.4 Å². The van der Waals surface area contributed by atoms with Gasteiger partial charge in [0.05, 0.1) is 12.8 Å². The van der Waals surface area contributed by atoms with E-state index in [9.17, 15) is 9.18 Å². The summed E-state index contributed by atoms with van der Waals surface area (Å²) in [6, 6.07) is 9.91. The molecule has 0 aliphatic heterocycles. The highest BCUT2D eigenvalue weighted by molar-refractivity contribution is 5.88. The van der Waals surface area contributed by atoms with Crippen LogP contribution in [0.1, 0.15) is 0 Å². The number of halogens is 1. The molecular weight excluding hydrogens is 263 g/mol. The largest absolute Gasteiger partial charge is 0.494 e. The Bertz CT molecular complexity index is 614. The molecule has 0 bridgehead atoms. The first-order valence-electron chi connectivity index (χ1n) is 5.76. The summed E-state index contributed by atoms with van der Waals surface area (Å²) in [4.78, 5) is 11.7. The summed E-state index contributed by atoms with van der Waals surface area (Å²) in [7, 11) is 1.46. The Balaban J connectivity index is 2.06. The Hall–Kier alpha value is -2.76. The molecule has 6 heteroatoms. The van der Waals surface area contributed by atoms with Gasteiger partial charge in [0.2, 0.25) is 0 Å². The first-order valence-corrected chi connectivity index (χ1v) is 5.76. The second-order valence-electron chi connectivity index (χ2n) is 3.93. The van der Waals surface area contributed by atoms with Crippen LogP contribution in [0.15, 0.2) is 42.5 Å². The molecule has 20 heavy (non-hydrogen) atoms. The zero-order valence-corrected chi connectivity index (χ0v) is 10.7. The number of hydrogen-bond donors (Lipinski definition) is 2. The van der Waals surface area contributed by atoms with Crippen molar-refractivity contribution in [3.8, 4) is 11.5 Å². The summed E-state index contributed by atoms with van der Waals surface area (Å²) in [6.45, 7) is 0. The van der Waals surface area contributed by atoms with E-state index < -0.39 is 11.9 Å². The SMILES string of the molecule is COc1cc(N)ccc1NC(=O)Oc1ccc(F)cc1. The van der Waals surface area contributed by atoms with Gasteiger partial charge < -0.3 is 15.2 Å². The number of amides is 1. The number of carbonyl (C=O) groups is 1. The van der Waals surface area contributed by atoms with Crippen LogP contribution >= 0.6 is 0 Å². The summed E-state index contributed by atoms with van der Waals surface area (Å²) >= 11 is 0. The van der Waals surface area contributed by atoms with E-state index >= 15 is 0 Å². The molecule has 0 aromatic heterocycles. The van der Waals surface area contributed by atoms with Crippen LogP contribution in [0.25, 0.3) is 0 Å². The zero-order valence-electron chi connectivity index (χ0n) is 10.7. The molecule has 5 nitrogen and oxygen atoms in total. The minimum atomic E-state index is -0.709. The molecule has 2 rings (SSSR count). The minimum absolute atomic E-state index is 0.235. The summed E-state index contributed by atoms with van der Waals surface area (Å²) in [5, 5.41) is 2.52. The van der Waals surface area contributed by atoms with Crippen molar-refractivity contribution in [1.82, 2.24) is 0 Å². The Labute approximate surface area is 115 Å². The van der Waals surface area contributed by atoms with Crippen molar-refractivity contribution in [3.63, 3.8) is 0 Å².